The van der Waals surface area contributed by atoms with Crippen molar-refractivity contribution in [3.05, 3.63) is 70.8 Å². The van der Waals surface area contributed by atoms with Gasteiger partial charge in [0.1, 0.15) is 11.6 Å². The highest BCUT2D eigenvalue weighted by Gasteiger charge is 2.21. The van der Waals surface area contributed by atoms with E-state index < -0.39 is 39.5 Å². The van der Waals surface area contributed by atoms with E-state index in [1.165, 1.54) is 6.92 Å². The number of nitrogens with one attached hydrogen (secondary N) is 2. The van der Waals surface area contributed by atoms with Crippen molar-refractivity contribution >= 4 is 15.7 Å². The number of aliphatic hydroxyl groups excluding tert-OH is 1. The number of benzene rings is 2. The van der Waals surface area contributed by atoms with E-state index in [-0.39, 0.29) is 36.6 Å². The van der Waals surface area contributed by atoms with Crippen molar-refractivity contribution in [2.24, 2.45) is 0 Å². The fourth-order valence-corrected chi connectivity index (χ4v) is 4.64. The third kappa shape index (κ3) is 9.02. The van der Waals surface area contributed by atoms with Crippen LogP contribution in [-0.2, 0) is 33.2 Å². The predicted octanol–water partition coefficient (Wildman–Crippen LogP) is 2.14. The van der Waals surface area contributed by atoms with E-state index in [1.54, 1.807) is 12.1 Å². The van der Waals surface area contributed by atoms with E-state index in [2.05, 4.69) is 10.6 Å². The van der Waals surface area contributed by atoms with Crippen molar-refractivity contribution in [2.45, 2.75) is 44.6 Å². The number of hydrogen-bond acceptors (Lipinski definition) is 5. The molecule has 0 saturated heterocycles. The van der Waals surface area contributed by atoms with Gasteiger partial charge in [-0.05, 0) is 41.7 Å². The number of hydrogen-bond donors (Lipinski definition) is 3. The molecule has 0 aliphatic heterocycles. The topological polar surface area (TPSA) is 95.5 Å². The summed E-state index contributed by atoms with van der Waals surface area (Å²) < 4.78 is 51.6. The Balaban J connectivity index is 1.87. The zero-order chi connectivity index (χ0) is 23.7. The van der Waals surface area contributed by atoms with E-state index in [4.69, 9.17) is 0 Å². The molecule has 3 N–H and O–H groups in total. The lowest BCUT2D eigenvalue weighted by atomic mass is 10.0. The summed E-state index contributed by atoms with van der Waals surface area (Å²) in [6, 6.07) is 9.65. The first-order valence-electron chi connectivity index (χ1n) is 10.5. The van der Waals surface area contributed by atoms with Crippen LogP contribution in [0.1, 0.15) is 30.5 Å². The molecule has 2 atom stereocenters. The molecule has 0 saturated carbocycles. The molecular formula is C23H30F2N2O4S. The first kappa shape index (κ1) is 25.9. The van der Waals surface area contributed by atoms with E-state index in [9.17, 15) is 27.1 Å². The number of aliphatic hydroxyl groups is 1. The summed E-state index contributed by atoms with van der Waals surface area (Å²) in [5.74, 6) is -2.08. The minimum absolute atomic E-state index is 0.00343. The van der Waals surface area contributed by atoms with Gasteiger partial charge in [0.2, 0.25) is 5.91 Å². The SMILES string of the molecule is CCc1ccc(CS(=O)(=O)CCNC[C@@H](O)[C@H](Cc2cc(F)cc(F)c2)NC(C)=O)cc1. The van der Waals surface area contributed by atoms with Gasteiger partial charge in [0, 0.05) is 26.1 Å². The van der Waals surface area contributed by atoms with Gasteiger partial charge in [-0.1, -0.05) is 31.2 Å². The zero-order valence-corrected chi connectivity index (χ0v) is 19.1. The van der Waals surface area contributed by atoms with Crippen molar-refractivity contribution in [3.63, 3.8) is 0 Å². The summed E-state index contributed by atoms with van der Waals surface area (Å²) >= 11 is 0. The van der Waals surface area contributed by atoms with Gasteiger partial charge < -0.3 is 15.7 Å². The molecule has 0 heterocycles. The van der Waals surface area contributed by atoms with Crippen LogP contribution >= 0.6 is 0 Å². The second kappa shape index (κ2) is 12.0. The molecule has 0 unspecified atom stereocenters. The van der Waals surface area contributed by atoms with Crippen molar-refractivity contribution in [3.8, 4) is 0 Å². The van der Waals surface area contributed by atoms with Crippen LogP contribution in [0.4, 0.5) is 8.78 Å². The van der Waals surface area contributed by atoms with Crippen molar-refractivity contribution < 1.29 is 27.1 Å². The first-order valence-corrected chi connectivity index (χ1v) is 12.3. The normalized spacial score (nSPS) is 13.5. The Hall–Kier alpha value is -2.36. The Morgan fingerprint density at radius 3 is 2.19 bits per heavy atom. The van der Waals surface area contributed by atoms with Gasteiger partial charge in [-0.3, -0.25) is 4.79 Å². The summed E-state index contributed by atoms with van der Waals surface area (Å²) in [5.41, 5.74) is 2.14. The number of amides is 1. The second-order valence-electron chi connectivity index (χ2n) is 7.82. The largest absolute Gasteiger partial charge is 0.390 e. The number of carbonyl (C=O) groups excluding carboxylic acids is 1. The van der Waals surface area contributed by atoms with Gasteiger partial charge in [-0.15, -0.1) is 0 Å². The van der Waals surface area contributed by atoms with Gasteiger partial charge in [0.15, 0.2) is 9.84 Å². The maximum Gasteiger partial charge on any atom is 0.217 e. The molecule has 176 valence electrons. The van der Waals surface area contributed by atoms with E-state index >= 15 is 0 Å². The Bertz CT molecular complexity index is 977. The zero-order valence-electron chi connectivity index (χ0n) is 18.3. The number of aryl methyl sites for hydroxylation is 1. The third-order valence-corrected chi connectivity index (χ3v) is 6.59. The minimum Gasteiger partial charge on any atom is -0.390 e. The number of sulfone groups is 1. The van der Waals surface area contributed by atoms with Crippen LogP contribution in [-0.4, -0.2) is 50.4 Å². The van der Waals surface area contributed by atoms with Crippen LogP contribution in [0.5, 0.6) is 0 Å². The second-order valence-corrected chi connectivity index (χ2v) is 10.0. The molecule has 0 bridgehead atoms. The Morgan fingerprint density at radius 1 is 1.03 bits per heavy atom. The number of carbonyl (C=O) groups is 1. The number of rotatable bonds is 12. The molecule has 1 amide bonds. The summed E-state index contributed by atoms with van der Waals surface area (Å²) in [4.78, 5) is 11.5. The molecule has 6 nitrogen and oxygen atoms in total. The smallest absolute Gasteiger partial charge is 0.217 e. The Kier molecular flexibility index (Phi) is 9.74. The van der Waals surface area contributed by atoms with E-state index in [0.717, 1.165) is 35.7 Å². The van der Waals surface area contributed by atoms with Crippen LogP contribution in [0.15, 0.2) is 42.5 Å². The predicted molar refractivity (Wildman–Crippen MR) is 120 cm³/mol. The van der Waals surface area contributed by atoms with Crippen LogP contribution in [0.3, 0.4) is 0 Å². The average Bonchev–Trinajstić information content (AvgIpc) is 2.70. The minimum atomic E-state index is -3.35. The molecule has 0 radical (unpaired) electrons. The van der Waals surface area contributed by atoms with E-state index in [1.807, 2.05) is 19.1 Å². The summed E-state index contributed by atoms with van der Waals surface area (Å²) in [6.07, 6.45) is -0.190. The third-order valence-electron chi connectivity index (χ3n) is 4.99. The van der Waals surface area contributed by atoms with Crippen LogP contribution < -0.4 is 10.6 Å². The quantitative estimate of drug-likeness (QED) is 0.415. The maximum atomic E-state index is 13.4. The molecule has 2 aromatic rings. The van der Waals surface area contributed by atoms with Gasteiger partial charge >= 0.3 is 0 Å². The average molecular weight is 469 g/mol. The lowest BCUT2D eigenvalue weighted by molar-refractivity contribution is -0.120. The fourth-order valence-electron chi connectivity index (χ4n) is 3.34. The lowest BCUT2D eigenvalue weighted by Gasteiger charge is -2.24. The molecule has 0 aliphatic carbocycles. The van der Waals surface area contributed by atoms with Crippen molar-refractivity contribution in [2.75, 3.05) is 18.8 Å². The summed E-state index contributed by atoms with van der Waals surface area (Å²) in [7, 11) is -3.35. The van der Waals surface area contributed by atoms with Crippen molar-refractivity contribution in [1.29, 1.82) is 0 Å². The van der Waals surface area contributed by atoms with Crippen LogP contribution in [0.2, 0.25) is 0 Å². The first-order chi connectivity index (χ1) is 15.1. The highest BCUT2D eigenvalue weighted by Crippen LogP contribution is 2.12. The summed E-state index contributed by atoms with van der Waals surface area (Å²) in [5, 5.41) is 15.9. The molecule has 2 rings (SSSR count). The van der Waals surface area contributed by atoms with Gasteiger partial charge in [-0.2, -0.15) is 0 Å². The molecule has 0 aromatic heterocycles. The molecule has 9 heteroatoms. The number of halogens is 2. The monoisotopic (exact) mass is 468 g/mol. The highest BCUT2D eigenvalue weighted by atomic mass is 32.2. The maximum absolute atomic E-state index is 13.4. The van der Waals surface area contributed by atoms with Crippen LogP contribution in [0, 0.1) is 11.6 Å². The van der Waals surface area contributed by atoms with Crippen LogP contribution in [0.25, 0.3) is 0 Å². The summed E-state index contributed by atoms with van der Waals surface area (Å²) in [6.45, 7) is 3.43. The van der Waals surface area contributed by atoms with E-state index in [0.29, 0.717) is 0 Å². The molecule has 32 heavy (non-hydrogen) atoms. The molecular weight excluding hydrogens is 438 g/mol. The highest BCUT2D eigenvalue weighted by molar-refractivity contribution is 7.90. The lowest BCUT2D eigenvalue weighted by Crippen LogP contribution is -2.48. The van der Waals surface area contributed by atoms with Gasteiger partial charge in [0.05, 0.1) is 23.7 Å². The molecule has 0 fully saturated rings. The van der Waals surface area contributed by atoms with Gasteiger partial charge in [-0.25, -0.2) is 17.2 Å². The Morgan fingerprint density at radius 2 is 1.62 bits per heavy atom. The van der Waals surface area contributed by atoms with Gasteiger partial charge in [0.25, 0.3) is 0 Å². The van der Waals surface area contributed by atoms with Crippen molar-refractivity contribution in [1.82, 2.24) is 10.6 Å². The standard InChI is InChI=1S/C23H30F2N2O4S/c1-3-17-4-6-18(7-5-17)15-32(30,31)9-8-26-14-23(29)22(27-16(2)28)12-19-10-20(24)13-21(25)11-19/h4-7,10-11,13,22-23,26,29H,3,8-9,12,14-15H2,1-2H3,(H,27,28)/t22-,23+/m0/s1. The Labute approximate surface area is 188 Å². The molecule has 0 aliphatic rings. The fraction of sp³-hybridized carbons (Fsp3) is 0.435. The molecule has 0 spiro atoms. The molecule has 2 aromatic carbocycles.